The SMILES string of the molecule is CS(=O)(=O)N(Cc1ccccc1Cl)c1ccc(OCC(=O)N2CCN(Cc3ccc4c(c3)OCO4)CC2)cc1. The van der Waals surface area contributed by atoms with Crippen molar-refractivity contribution in [2.24, 2.45) is 0 Å². The molecule has 3 aromatic rings. The van der Waals surface area contributed by atoms with Crippen LogP contribution in [-0.4, -0.2) is 70.0 Å². The number of sulfonamides is 1. The second kappa shape index (κ2) is 11.7. The van der Waals surface area contributed by atoms with Gasteiger partial charge in [0.05, 0.1) is 18.5 Å². The Kier molecular flexibility index (Phi) is 8.15. The zero-order valence-corrected chi connectivity index (χ0v) is 23.2. The summed E-state index contributed by atoms with van der Waals surface area (Å²) in [5, 5.41) is 0.499. The molecule has 2 aliphatic heterocycles. The van der Waals surface area contributed by atoms with Crippen LogP contribution in [0.25, 0.3) is 0 Å². The van der Waals surface area contributed by atoms with Crippen molar-refractivity contribution in [3.8, 4) is 17.2 Å². The molecule has 9 nitrogen and oxygen atoms in total. The first-order valence-electron chi connectivity index (χ1n) is 12.6. The van der Waals surface area contributed by atoms with Crippen molar-refractivity contribution in [1.82, 2.24) is 9.80 Å². The molecule has 0 spiro atoms. The minimum absolute atomic E-state index is 0.0849. The number of piperazine rings is 1. The highest BCUT2D eigenvalue weighted by Gasteiger charge is 2.23. The lowest BCUT2D eigenvalue weighted by Gasteiger charge is -2.34. The molecule has 39 heavy (non-hydrogen) atoms. The zero-order valence-electron chi connectivity index (χ0n) is 21.6. The summed E-state index contributed by atoms with van der Waals surface area (Å²) in [5.41, 5.74) is 2.33. The van der Waals surface area contributed by atoms with Crippen LogP contribution in [0.15, 0.2) is 66.7 Å². The first kappa shape index (κ1) is 27.1. The van der Waals surface area contributed by atoms with Gasteiger partial charge >= 0.3 is 0 Å². The lowest BCUT2D eigenvalue weighted by Crippen LogP contribution is -2.49. The number of carbonyl (C=O) groups is 1. The van der Waals surface area contributed by atoms with Crippen LogP contribution in [0.3, 0.4) is 0 Å². The van der Waals surface area contributed by atoms with E-state index in [2.05, 4.69) is 4.90 Å². The summed E-state index contributed by atoms with van der Waals surface area (Å²) in [4.78, 5) is 16.9. The Bertz CT molecular complexity index is 1430. The summed E-state index contributed by atoms with van der Waals surface area (Å²) in [7, 11) is -3.56. The highest BCUT2D eigenvalue weighted by atomic mass is 35.5. The minimum Gasteiger partial charge on any atom is -0.484 e. The lowest BCUT2D eigenvalue weighted by molar-refractivity contribution is -0.135. The van der Waals surface area contributed by atoms with Gasteiger partial charge in [-0.25, -0.2) is 8.42 Å². The fourth-order valence-electron chi connectivity index (χ4n) is 4.58. The molecule has 1 amide bonds. The Morgan fingerprint density at radius 2 is 1.69 bits per heavy atom. The first-order chi connectivity index (χ1) is 18.8. The van der Waals surface area contributed by atoms with E-state index in [-0.39, 0.29) is 25.9 Å². The molecule has 0 atom stereocenters. The molecular formula is C28H30ClN3O6S. The highest BCUT2D eigenvalue weighted by molar-refractivity contribution is 7.92. The molecule has 2 aliphatic rings. The third-order valence-electron chi connectivity index (χ3n) is 6.73. The van der Waals surface area contributed by atoms with Gasteiger partial charge in [-0.05, 0) is 53.6 Å². The monoisotopic (exact) mass is 571 g/mol. The average molecular weight is 572 g/mol. The number of anilines is 1. The number of hydrogen-bond donors (Lipinski definition) is 0. The quantitative estimate of drug-likeness (QED) is 0.386. The number of ether oxygens (including phenoxy) is 3. The molecular weight excluding hydrogens is 542 g/mol. The number of halogens is 1. The van der Waals surface area contributed by atoms with Crippen LogP contribution in [0, 0.1) is 0 Å². The van der Waals surface area contributed by atoms with Crippen molar-refractivity contribution >= 4 is 33.2 Å². The summed E-state index contributed by atoms with van der Waals surface area (Å²) < 4.78 is 42.8. The topological polar surface area (TPSA) is 88.6 Å². The Labute approximate surface area is 233 Å². The summed E-state index contributed by atoms with van der Waals surface area (Å²) in [6.07, 6.45) is 1.15. The van der Waals surface area contributed by atoms with E-state index in [1.807, 2.05) is 24.3 Å². The number of nitrogens with zero attached hydrogens (tertiary/aromatic N) is 3. The molecule has 0 aromatic heterocycles. The maximum absolute atomic E-state index is 12.8. The van der Waals surface area contributed by atoms with Gasteiger partial charge in [0.2, 0.25) is 16.8 Å². The second-order valence-corrected chi connectivity index (χ2v) is 11.8. The fourth-order valence-corrected chi connectivity index (χ4v) is 5.65. The fraction of sp³-hybridized carbons (Fsp3) is 0.321. The third-order valence-corrected chi connectivity index (χ3v) is 8.24. The normalized spacial score (nSPS) is 15.3. The molecule has 2 heterocycles. The predicted octanol–water partition coefficient (Wildman–Crippen LogP) is 3.76. The summed E-state index contributed by atoms with van der Waals surface area (Å²) in [6.45, 7) is 3.84. The maximum Gasteiger partial charge on any atom is 0.260 e. The van der Waals surface area contributed by atoms with Crippen LogP contribution >= 0.6 is 11.6 Å². The van der Waals surface area contributed by atoms with Crippen molar-refractivity contribution in [2.45, 2.75) is 13.1 Å². The molecule has 11 heteroatoms. The van der Waals surface area contributed by atoms with Gasteiger partial charge in [-0.1, -0.05) is 35.9 Å². The van der Waals surface area contributed by atoms with E-state index < -0.39 is 10.0 Å². The number of benzene rings is 3. The summed E-state index contributed by atoms with van der Waals surface area (Å²) in [5.74, 6) is 1.95. The van der Waals surface area contributed by atoms with Gasteiger partial charge in [0.25, 0.3) is 5.91 Å². The van der Waals surface area contributed by atoms with E-state index in [0.29, 0.717) is 35.1 Å². The molecule has 5 rings (SSSR count). The second-order valence-electron chi connectivity index (χ2n) is 9.49. The van der Waals surface area contributed by atoms with Crippen molar-refractivity contribution in [2.75, 3.05) is 50.1 Å². The number of fused-ring (bicyclic) bond motifs is 1. The number of rotatable bonds is 9. The number of amides is 1. The molecule has 0 bridgehead atoms. The summed E-state index contributed by atoms with van der Waals surface area (Å²) >= 11 is 6.24. The smallest absolute Gasteiger partial charge is 0.260 e. The van der Waals surface area contributed by atoms with Gasteiger partial charge in [0.15, 0.2) is 18.1 Å². The van der Waals surface area contributed by atoms with Crippen molar-refractivity contribution in [1.29, 1.82) is 0 Å². The van der Waals surface area contributed by atoms with Crippen LogP contribution in [0.5, 0.6) is 17.2 Å². The highest BCUT2D eigenvalue weighted by Crippen LogP contribution is 2.33. The molecule has 0 saturated carbocycles. The Morgan fingerprint density at radius 1 is 0.974 bits per heavy atom. The van der Waals surface area contributed by atoms with Gasteiger partial charge in [-0.2, -0.15) is 0 Å². The Hall–Kier alpha value is -3.47. The third kappa shape index (κ3) is 6.76. The molecule has 0 aliphatic carbocycles. The number of hydrogen-bond acceptors (Lipinski definition) is 7. The Balaban J connectivity index is 1.11. The number of carbonyl (C=O) groups excluding carboxylic acids is 1. The molecule has 206 valence electrons. The largest absolute Gasteiger partial charge is 0.484 e. The zero-order chi connectivity index (χ0) is 27.4. The van der Waals surface area contributed by atoms with E-state index in [0.717, 1.165) is 43.0 Å². The van der Waals surface area contributed by atoms with E-state index in [9.17, 15) is 13.2 Å². The molecule has 3 aromatic carbocycles. The summed E-state index contributed by atoms with van der Waals surface area (Å²) in [6, 6.07) is 19.7. The predicted molar refractivity (Wildman–Crippen MR) is 149 cm³/mol. The molecule has 0 unspecified atom stereocenters. The van der Waals surface area contributed by atoms with Gasteiger partial charge in [-0.15, -0.1) is 0 Å². The standard InChI is InChI=1S/C28H30ClN3O6S/c1-39(34,35)32(18-22-4-2-3-5-25(22)29)23-7-9-24(10-8-23)36-19-28(33)31-14-12-30(13-15-31)17-21-6-11-26-27(16-21)38-20-37-26/h2-11,16H,12-15,17-20H2,1H3. The van der Waals surface area contributed by atoms with Crippen LogP contribution in [0.1, 0.15) is 11.1 Å². The van der Waals surface area contributed by atoms with Crippen molar-refractivity contribution in [3.05, 3.63) is 82.9 Å². The van der Waals surface area contributed by atoms with Crippen molar-refractivity contribution < 1.29 is 27.4 Å². The van der Waals surface area contributed by atoms with Gasteiger partial charge < -0.3 is 19.1 Å². The molecule has 0 radical (unpaired) electrons. The van der Waals surface area contributed by atoms with E-state index in [4.69, 9.17) is 25.8 Å². The van der Waals surface area contributed by atoms with E-state index in [1.54, 1.807) is 47.4 Å². The van der Waals surface area contributed by atoms with Crippen LogP contribution in [0.2, 0.25) is 5.02 Å². The van der Waals surface area contributed by atoms with Gasteiger partial charge in [0, 0.05) is 37.7 Å². The Morgan fingerprint density at radius 3 is 2.41 bits per heavy atom. The van der Waals surface area contributed by atoms with Gasteiger partial charge in [-0.3, -0.25) is 14.0 Å². The lowest BCUT2D eigenvalue weighted by atomic mass is 10.1. The van der Waals surface area contributed by atoms with E-state index in [1.165, 1.54) is 4.31 Å². The van der Waals surface area contributed by atoms with E-state index >= 15 is 0 Å². The van der Waals surface area contributed by atoms with Crippen LogP contribution in [-0.2, 0) is 27.9 Å². The molecule has 1 saturated heterocycles. The van der Waals surface area contributed by atoms with Crippen LogP contribution < -0.4 is 18.5 Å². The average Bonchev–Trinajstić information content (AvgIpc) is 3.39. The first-order valence-corrected chi connectivity index (χ1v) is 14.8. The molecule has 1 fully saturated rings. The van der Waals surface area contributed by atoms with Crippen LogP contribution in [0.4, 0.5) is 5.69 Å². The maximum atomic E-state index is 12.8. The minimum atomic E-state index is -3.56. The van der Waals surface area contributed by atoms with Crippen molar-refractivity contribution in [3.63, 3.8) is 0 Å². The van der Waals surface area contributed by atoms with Gasteiger partial charge in [0.1, 0.15) is 5.75 Å². The molecule has 0 N–H and O–H groups in total.